The van der Waals surface area contributed by atoms with Gasteiger partial charge in [-0.25, -0.2) is 8.42 Å². The minimum absolute atomic E-state index is 0.00175. The number of hydrogen-bond donors (Lipinski definition) is 1. The van der Waals surface area contributed by atoms with Crippen LogP contribution in [0.2, 0.25) is 0 Å². The molecule has 5 rings (SSSR count). The first-order valence-electron chi connectivity index (χ1n) is 13.5. The molecule has 0 aromatic heterocycles. The summed E-state index contributed by atoms with van der Waals surface area (Å²) in [6.07, 6.45) is 2.51. The predicted molar refractivity (Wildman–Crippen MR) is 138 cm³/mol. The number of sulfonamides is 1. The van der Waals surface area contributed by atoms with Crippen molar-refractivity contribution in [3.05, 3.63) is 59.2 Å². The Hall–Kier alpha value is -2.63. The van der Waals surface area contributed by atoms with Crippen LogP contribution in [0.1, 0.15) is 61.3 Å². The number of carboxylic acid groups (broad SMARTS) is 1. The maximum Gasteiger partial charge on any atom is 0.416 e. The summed E-state index contributed by atoms with van der Waals surface area (Å²) in [7, 11) is -4.09. The van der Waals surface area contributed by atoms with E-state index in [0.29, 0.717) is 36.7 Å². The lowest BCUT2D eigenvalue weighted by Gasteiger charge is -2.41. The molecule has 3 aliphatic rings. The summed E-state index contributed by atoms with van der Waals surface area (Å²) in [6, 6.07) is 8.21. The summed E-state index contributed by atoms with van der Waals surface area (Å²) >= 11 is 0. The van der Waals surface area contributed by atoms with E-state index < -0.39 is 33.8 Å². The van der Waals surface area contributed by atoms with Crippen molar-refractivity contribution < 1.29 is 36.2 Å². The van der Waals surface area contributed by atoms with Gasteiger partial charge in [0.2, 0.25) is 10.0 Å². The van der Waals surface area contributed by atoms with E-state index in [4.69, 9.17) is 4.74 Å². The average Bonchev–Trinajstić information content (AvgIpc) is 3.35. The van der Waals surface area contributed by atoms with Gasteiger partial charge in [-0.2, -0.15) is 17.5 Å². The Morgan fingerprint density at radius 1 is 1.00 bits per heavy atom. The van der Waals surface area contributed by atoms with Crippen molar-refractivity contribution in [1.29, 1.82) is 0 Å². The van der Waals surface area contributed by atoms with Gasteiger partial charge in [0.15, 0.2) is 0 Å². The molecule has 1 saturated heterocycles. The van der Waals surface area contributed by atoms with Crippen LogP contribution in [-0.2, 0) is 27.4 Å². The summed E-state index contributed by atoms with van der Waals surface area (Å²) in [5, 5.41) is 9.96. The number of piperazine rings is 1. The topological polar surface area (TPSA) is 87.2 Å². The van der Waals surface area contributed by atoms with Crippen LogP contribution in [0.4, 0.5) is 13.2 Å². The molecule has 0 bridgehead atoms. The molecule has 1 heterocycles. The van der Waals surface area contributed by atoms with Crippen LogP contribution in [0.5, 0.6) is 5.75 Å². The van der Waals surface area contributed by atoms with Crippen molar-refractivity contribution >= 4 is 16.0 Å². The van der Waals surface area contributed by atoms with E-state index in [0.717, 1.165) is 34.8 Å². The fourth-order valence-corrected chi connectivity index (χ4v) is 7.69. The lowest BCUT2D eigenvalue weighted by atomic mass is 9.90. The number of aliphatic carboxylic acids is 1. The molecule has 1 N–H and O–H groups in total. The lowest BCUT2D eigenvalue weighted by Crippen LogP contribution is -2.58. The van der Waals surface area contributed by atoms with Crippen LogP contribution in [0.25, 0.3) is 0 Å². The molecule has 1 aliphatic heterocycles. The maximum atomic E-state index is 13.5. The molecular weight excluding hydrogens is 533 g/mol. The molecule has 1 unspecified atom stereocenters. The van der Waals surface area contributed by atoms with Crippen LogP contribution in [0, 0.1) is 5.92 Å². The van der Waals surface area contributed by atoms with Crippen molar-refractivity contribution in [2.75, 3.05) is 26.2 Å². The Morgan fingerprint density at radius 3 is 2.38 bits per heavy atom. The Balaban J connectivity index is 1.27. The van der Waals surface area contributed by atoms with E-state index in [1.165, 1.54) is 37.5 Å². The van der Waals surface area contributed by atoms with Gasteiger partial charge >= 0.3 is 12.1 Å². The van der Waals surface area contributed by atoms with Gasteiger partial charge in [0.05, 0.1) is 17.1 Å². The molecular formula is C28H33F3N2O5S. The number of carboxylic acids is 1. The number of halogens is 3. The normalized spacial score (nSPS) is 23.5. The van der Waals surface area contributed by atoms with Gasteiger partial charge in [-0.15, -0.1) is 0 Å². The van der Waals surface area contributed by atoms with Crippen LogP contribution in [0.15, 0.2) is 47.4 Å². The van der Waals surface area contributed by atoms with Gasteiger partial charge in [-0.1, -0.05) is 25.3 Å². The van der Waals surface area contributed by atoms with Gasteiger partial charge in [0.1, 0.15) is 11.8 Å². The molecule has 7 nitrogen and oxygen atoms in total. The number of carbonyl (C=O) groups is 1. The van der Waals surface area contributed by atoms with Crippen LogP contribution in [0.3, 0.4) is 0 Å². The molecule has 11 heteroatoms. The summed E-state index contributed by atoms with van der Waals surface area (Å²) in [6.45, 7) is 0.779. The molecule has 2 aromatic rings. The fraction of sp³-hybridized carbons (Fsp3) is 0.536. The van der Waals surface area contributed by atoms with Crippen molar-refractivity contribution in [2.45, 2.75) is 68.1 Å². The quantitative estimate of drug-likeness (QED) is 0.501. The zero-order chi connectivity index (χ0) is 27.8. The molecule has 2 aromatic carbocycles. The van der Waals surface area contributed by atoms with Gasteiger partial charge in [0.25, 0.3) is 0 Å². The second-order valence-corrected chi connectivity index (χ2v) is 12.6. The van der Waals surface area contributed by atoms with Gasteiger partial charge < -0.3 is 9.84 Å². The first kappa shape index (κ1) is 27.9. The summed E-state index contributed by atoms with van der Waals surface area (Å²) < 4.78 is 73.2. The molecule has 39 heavy (non-hydrogen) atoms. The van der Waals surface area contributed by atoms with Gasteiger partial charge in [-0.05, 0) is 79.1 Å². The van der Waals surface area contributed by atoms with Crippen LogP contribution < -0.4 is 4.74 Å². The zero-order valence-corrected chi connectivity index (χ0v) is 22.4. The van der Waals surface area contributed by atoms with Crippen molar-refractivity contribution in [2.24, 2.45) is 5.92 Å². The molecule has 0 radical (unpaired) electrons. The third-order valence-corrected chi connectivity index (χ3v) is 10.2. The third kappa shape index (κ3) is 5.95. The highest BCUT2D eigenvalue weighted by Crippen LogP contribution is 2.40. The monoisotopic (exact) mass is 566 g/mol. The van der Waals surface area contributed by atoms with Crippen LogP contribution in [-0.4, -0.2) is 61.0 Å². The highest BCUT2D eigenvalue weighted by molar-refractivity contribution is 7.89. The number of alkyl halides is 3. The Kier molecular flexibility index (Phi) is 7.94. The largest absolute Gasteiger partial charge is 0.493 e. The molecule has 2 atom stereocenters. The minimum atomic E-state index is -4.43. The molecule has 2 fully saturated rings. The van der Waals surface area contributed by atoms with Crippen molar-refractivity contribution in [3.8, 4) is 5.75 Å². The molecule has 0 amide bonds. The standard InChI is InChI=1S/C28H33F3N2O5S/c29-28(30,31)21-7-12-24-20(16-21)6-13-25(24)32-14-15-33(26(17-32)27(34)35)39(36,37)23-10-8-22(9-11-23)38-18-19-4-2-1-3-5-19/h7-12,16,19,25-26H,1-6,13-15,17-18H2,(H,34,35)/t25?,26-/m0/s1. The van der Waals surface area contributed by atoms with E-state index in [1.54, 1.807) is 12.1 Å². The number of aryl methyl sites for hydroxylation is 1. The SMILES string of the molecule is O=C(O)[C@@H]1CN(C2CCc3cc(C(F)(F)F)ccc32)CCN1S(=O)(=O)c1ccc(OCC2CCCCC2)cc1. The van der Waals surface area contributed by atoms with E-state index in [9.17, 15) is 31.5 Å². The zero-order valence-electron chi connectivity index (χ0n) is 21.6. The molecule has 212 valence electrons. The molecule has 0 spiro atoms. The number of rotatable bonds is 7. The number of nitrogens with zero attached hydrogens (tertiary/aromatic N) is 2. The Labute approximate surface area is 226 Å². The number of benzene rings is 2. The minimum Gasteiger partial charge on any atom is -0.493 e. The second kappa shape index (κ2) is 11.1. The predicted octanol–water partition coefficient (Wildman–Crippen LogP) is 5.11. The van der Waals surface area contributed by atoms with Crippen molar-refractivity contribution in [3.63, 3.8) is 0 Å². The van der Waals surface area contributed by atoms with E-state index in [2.05, 4.69) is 0 Å². The van der Waals surface area contributed by atoms with E-state index >= 15 is 0 Å². The summed E-state index contributed by atoms with van der Waals surface area (Å²) in [5.74, 6) is -0.178. The first-order valence-corrected chi connectivity index (χ1v) is 14.9. The first-order chi connectivity index (χ1) is 18.5. The molecule has 1 saturated carbocycles. The highest BCUT2D eigenvalue weighted by Gasteiger charge is 2.43. The van der Waals surface area contributed by atoms with Gasteiger partial charge in [-0.3, -0.25) is 9.69 Å². The van der Waals surface area contributed by atoms with E-state index in [1.807, 2.05) is 4.90 Å². The molecule has 2 aliphatic carbocycles. The highest BCUT2D eigenvalue weighted by atomic mass is 32.2. The number of ether oxygens (including phenoxy) is 1. The number of hydrogen-bond acceptors (Lipinski definition) is 5. The number of fused-ring (bicyclic) bond motifs is 1. The Bertz CT molecular complexity index is 1290. The fourth-order valence-electron chi connectivity index (χ4n) is 6.12. The van der Waals surface area contributed by atoms with Gasteiger partial charge in [0, 0.05) is 25.7 Å². The summed E-state index contributed by atoms with van der Waals surface area (Å²) in [5.41, 5.74) is 0.640. The lowest BCUT2D eigenvalue weighted by molar-refractivity contribution is -0.143. The van der Waals surface area contributed by atoms with Crippen LogP contribution >= 0.6 is 0 Å². The maximum absolute atomic E-state index is 13.5. The Morgan fingerprint density at radius 2 is 1.72 bits per heavy atom. The second-order valence-electron chi connectivity index (χ2n) is 10.7. The average molecular weight is 567 g/mol. The summed E-state index contributed by atoms with van der Waals surface area (Å²) in [4.78, 5) is 14.1. The van der Waals surface area contributed by atoms with E-state index in [-0.39, 0.29) is 30.6 Å². The van der Waals surface area contributed by atoms with Crippen molar-refractivity contribution in [1.82, 2.24) is 9.21 Å². The smallest absolute Gasteiger partial charge is 0.416 e. The third-order valence-electron chi connectivity index (χ3n) is 8.25.